The number of methoxy groups -OCH3 is 2. The molecule has 158 valence electrons. The molecule has 0 aromatic heterocycles. The van der Waals surface area contributed by atoms with Crippen molar-refractivity contribution in [2.75, 3.05) is 20.8 Å². The lowest BCUT2D eigenvalue weighted by molar-refractivity contribution is -0.230. The van der Waals surface area contributed by atoms with Crippen molar-refractivity contribution in [2.45, 2.75) is 70.7 Å². The maximum atomic E-state index is 13.1. The van der Waals surface area contributed by atoms with Gasteiger partial charge in [0.15, 0.2) is 14.1 Å². The second kappa shape index (κ2) is 8.43. The zero-order chi connectivity index (χ0) is 21.2. The zero-order valence-electron chi connectivity index (χ0n) is 18.5. The van der Waals surface area contributed by atoms with E-state index in [-0.39, 0.29) is 6.09 Å². The second-order valence-electron chi connectivity index (χ2n) is 9.19. The molecule has 1 aliphatic rings. The molecule has 1 saturated heterocycles. The Morgan fingerprint density at radius 3 is 2.43 bits per heavy atom. The summed E-state index contributed by atoms with van der Waals surface area (Å²) in [7, 11) is 1.31. The molecule has 0 N–H and O–H groups in total. The van der Waals surface area contributed by atoms with Crippen LogP contribution in [0.5, 0.6) is 5.75 Å². The Morgan fingerprint density at radius 2 is 1.89 bits per heavy atom. The standard InChI is InChI=1S/C21H35NO5Si/c1-20(2,3)26-19(23)22-14-10-13-21(25-5,27-28(6,7)8)18(22)16-11-9-12-17(15-16)24-4/h9,11-12,15,18H,10,13-14H2,1-8H3. The van der Waals surface area contributed by atoms with Crippen molar-refractivity contribution < 1.29 is 23.4 Å². The molecule has 1 aromatic carbocycles. The van der Waals surface area contributed by atoms with Gasteiger partial charge in [0.2, 0.25) is 0 Å². The van der Waals surface area contributed by atoms with Crippen LogP contribution < -0.4 is 4.74 Å². The van der Waals surface area contributed by atoms with Crippen molar-refractivity contribution in [1.29, 1.82) is 0 Å². The Hall–Kier alpha value is -1.57. The maximum Gasteiger partial charge on any atom is 0.410 e. The van der Waals surface area contributed by atoms with E-state index in [1.165, 1.54) is 0 Å². The van der Waals surface area contributed by atoms with Crippen molar-refractivity contribution in [1.82, 2.24) is 4.90 Å². The number of rotatable bonds is 5. The summed E-state index contributed by atoms with van der Waals surface area (Å²) in [6.07, 6.45) is 1.12. The van der Waals surface area contributed by atoms with Crippen molar-refractivity contribution in [2.24, 2.45) is 0 Å². The lowest BCUT2D eigenvalue weighted by atomic mass is 9.89. The van der Waals surface area contributed by atoms with Gasteiger partial charge in [0.05, 0.1) is 7.11 Å². The number of nitrogens with zero attached hydrogens (tertiary/aromatic N) is 1. The van der Waals surface area contributed by atoms with E-state index in [4.69, 9.17) is 18.6 Å². The first kappa shape index (κ1) is 22.7. The lowest BCUT2D eigenvalue weighted by Gasteiger charge is -2.50. The van der Waals surface area contributed by atoms with Gasteiger partial charge in [-0.3, -0.25) is 4.90 Å². The van der Waals surface area contributed by atoms with Gasteiger partial charge in [0.25, 0.3) is 0 Å². The second-order valence-corrected chi connectivity index (χ2v) is 13.6. The van der Waals surface area contributed by atoms with E-state index < -0.39 is 25.7 Å². The monoisotopic (exact) mass is 409 g/mol. The van der Waals surface area contributed by atoms with Gasteiger partial charge in [-0.15, -0.1) is 0 Å². The number of hydrogen-bond donors (Lipinski definition) is 0. The van der Waals surface area contributed by atoms with Gasteiger partial charge in [-0.25, -0.2) is 4.79 Å². The Labute approximate surface area is 170 Å². The molecule has 1 aromatic rings. The third-order valence-corrected chi connectivity index (χ3v) is 5.47. The van der Waals surface area contributed by atoms with Crippen molar-refractivity contribution in [3.63, 3.8) is 0 Å². The van der Waals surface area contributed by atoms with Crippen LogP contribution in [0, 0.1) is 0 Å². The molecule has 7 heteroatoms. The highest BCUT2D eigenvalue weighted by Crippen LogP contribution is 2.45. The summed E-state index contributed by atoms with van der Waals surface area (Å²) in [5.74, 6) is -0.198. The lowest BCUT2D eigenvalue weighted by Crippen LogP contribution is -2.58. The third-order valence-electron chi connectivity index (χ3n) is 4.51. The van der Waals surface area contributed by atoms with E-state index in [1.807, 2.05) is 45.0 Å². The molecule has 2 atom stereocenters. The van der Waals surface area contributed by atoms with Crippen molar-refractivity contribution in [3.05, 3.63) is 29.8 Å². The fourth-order valence-corrected chi connectivity index (χ4v) is 4.98. The number of carbonyl (C=O) groups is 1. The molecule has 28 heavy (non-hydrogen) atoms. The predicted octanol–water partition coefficient (Wildman–Crippen LogP) is 4.96. The number of ether oxygens (including phenoxy) is 3. The van der Waals surface area contributed by atoms with Crippen LogP contribution in [0.1, 0.15) is 45.2 Å². The smallest absolute Gasteiger partial charge is 0.410 e. The predicted molar refractivity (Wildman–Crippen MR) is 112 cm³/mol. The van der Waals surface area contributed by atoms with E-state index >= 15 is 0 Å². The SMILES string of the molecule is COc1cccc(C2N(C(=O)OC(C)(C)C)CCCC2(OC)O[Si](C)(C)C)c1. The summed E-state index contributed by atoms with van der Waals surface area (Å²) in [5.41, 5.74) is 0.327. The van der Waals surface area contributed by atoms with Crippen molar-refractivity contribution in [3.8, 4) is 5.75 Å². The highest BCUT2D eigenvalue weighted by Gasteiger charge is 2.51. The first-order valence-electron chi connectivity index (χ1n) is 9.80. The molecule has 1 fully saturated rings. The molecule has 0 spiro atoms. The van der Waals surface area contributed by atoms with Gasteiger partial charge in [0.1, 0.15) is 17.4 Å². The minimum absolute atomic E-state index is 0.361. The molecule has 0 aliphatic carbocycles. The van der Waals surface area contributed by atoms with Crippen LogP contribution in [0.25, 0.3) is 0 Å². The number of carbonyl (C=O) groups excluding carboxylic acids is 1. The van der Waals surface area contributed by atoms with Gasteiger partial charge in [-0.05, 0) is 64.5 Å². The van der Waals surface area contributed by atoms with Gasteiger partial charge >= 0.3 is 6.09 Å². The summed E-state index contributed by atoms with van der Waals surface area (Å²) in [6.45, 7) is 12.6. The average Bonchev–Trinajstić information content (AvgIpc) is 2.58. The first-order valence-corrected chi connectivity index (χ1v) is 13.2. The van der Waals surface area contributed by atoms with Crippen LogP contribution in [0.15, 0.2) is 24.3 Å². The average molecular weight is 410 g/mol. The van der Waals surface area contributed by atoms with Crippen LogP contribution >= 0.6 is 0 Å². The van der Waals surface area contributed by atoms with Gasteiger partial charge in [0, 0.05) is 20.1 Å². The van der Waals surface area contributed by atoms with Crippen LogP contribution in [0.2, 0.25) is 19.6 Å². The van der Waals surface area contributed by atoms with Crippen LogP contribution in [-0.4, -0.2) is 51.5 Å². The summed E-state index contributed by atoms with van der Waals surface area (Å²) < 4.78 is 23.7. The van der Waals surface area contributed by atoms with Gasteiger partial charge < -0.3 is 18.6 Å². The molecular weight excluding hydrogens is 374 g/mol. The molecule has 0 bridgehead atoms. The highest BCUT2D eigenvalue weighted by atomic mass is 28.4. The summed E-state index contributed by atoms with van der Waals surface area (Å²) in [6, 6.07) is 7.30. The number of amides is 1. The number of hydrogen-bond acceptors (Lipinski definition) is 5. The van der Waals surface area contributed by atoms with Crippen molar-refractivity contribution >= 4 is 14.4 Å². The Balaban J connectivity index is 2.55. The Kier molecular flexibility index (Phi) is 6.84. The largest absolute Gasteiger partial charge is 0.497 e. The highest BCUT2D eigenvalue weighted by molar-refractivity contribution is 6.69. The van der Waals surface area contributed by atoms with Crippen LogP contribution in [0.3, 0.4) is 0 Å². The topological polar surface area (TPSA) is 57.2 Å². The third kappa shape index (κ3) is 5.49. The molecule has 1 aliphatic heterocycles. The quantitative estimate of drug-likeness (QED) is 0.508. The minimum atomic E-state index is -1.98. The number of piperidine rings is 1. The molecule has 1 amide bonds. The summed E-state index contributed by atoms with van der Waals surface area (Å²) >= 11 is 0. The fourth-order valence-electron chi connectivity index (χ4n) is 3.64. The Bertz CT molecular complexity index is 682. The molecule has 0 radical (unpaired) electrons. The zero-order valence-corrected chi connectivity index (χ0v) is 19.5. The van der Waals surface area contributed by atoms with E-state index in [0.717, 1.165) is 17.7 Å². The summed E-state index contributed by atoms with van der Waals surface area (Å²) in [5, 5.41) is 0. The molecular formula is C21H35NO5Si. The van der Waals surface area contributed by atoms with Gasteiger partial charge in [-0.2, -0.15) is 0 Å². The molecule has 0 saturated carbocycles. The maximum absolute atomic E-state index is 13.1. The minimum Gasteiger partial charge on any atom is -0.497 e. The van der Waals surface area contributed by atoms with E-state index in [1.54, 1.807) is 19.1 Å². The normalized spacial score (nSPS) is 23.4. The van der Waals surface area contributed by atoms with E-state index in [0.29, 0.717) is 13.0 Å². The fraction of sp³-hybridized carbons (Fsp3) is 0.667. The first-order chi connectivity index (χ1) is 12.9. The molecule has 2 rings (SSSR count). The summed E-state index contributed by atoms with van der Waals surface area (Å²) in [4.78, 5) is 14.8. The molecule has 1 heterocycles. The van der Waals surface area contributed by atoms with Crippen LogP contribution in [0.4, 0.5) is 4.79 Å². The van der Waals surface area contributed by atoms with Gasteiger partial charge in [-0.1, -0.05) is 12.1 Å². The van der Waals surface area contributed by atoms with Crippen LogP contribution in [-0.2, 0) is 13.9 Å². The molecule has 6 nitrogen and oxygen atoms in total. The van der Waals surface area contributed by atoms with E-state index in [2.05, 4.69) is 19.6 Å². The number of likely N-dealkylation sites (tertiary alicyclic amines) is 1. The Morgan fingerprint density at radius 1 is 1.21 bits per heavy atom. The number of benzene rings is 1. The van der Waals surface area contributed by atoms with E-state index in [9.17, 15) is 4.79 Å². The molecule has 2 unspecified atom stereocenters.